The van der Waals surface area contributed by atoms with E-state index in [-0.39, 0.29) is 16.5 Å². The lowest BCUT2D eigenvalue weighted by Crippen LogP contribution is -2.55. The lowest BCUT2D eigenvalue weighted by Gasteiger charge is -2.43. The van der Waals surface area contributed by atoms with Crippen LogP contribution >= 0.6 is 23.4 Å². The summed E-state index contributed by atoms with van der Waals surface area (Å²) in [5.74, 6) is 0.428. The number of thioether (sulfide) groups is 1. The number of alkyl halides is 3. The fourth-order valence-electron chi connectivity index (χ4n) is 4.22. The van der Waals surface area contributed by atoms with E-state index in [2.05, 4.69) is 20.4 Å². The van der Waals surface area contributed by atoms with Crippen LogP contribution in [0.5, 0.6) is 0 Å². The first-order chi connectivity index (χ1) is 16.7. The van der Waals surface area contributed by atoms with E-state index in [0.29, 0.717) is 5.82 Å². The molecule has 6 atom stereocenters. The predicted molar refractivity (Wildman–Crippen MR) is 116 cm³/mol. The Morgan fingerprint density at radius 1 is 1.31 bits per heavy atom. The second-order valence-corrected chi connectivity index (χ2v) is 9.68. The van der Waals surface area contributed by atoms with Gasteiger partial charge in [-0.3, -0.25) is 0 Å². The molecule has 5 unspecified atom stereocenters. The highest BCUT2D eigenvalue weighted by atomic mass is 35.5. The van der Waals surface area contributed by atoms with Gasteiger partial charge in [-0.2, -0.15) is 18.3 Å². The molecule has 0 radical (unpaired) electrons. The normalized spacial score (nSPS) is 28.9. The molecule has 0 saturated carbocycles. The average Bonchev–Trinajstić information content (AvgIpc) is 3.53. The van der Waals surface area contributed by atoms with Crippen molar-refractivity contribution in [1.29, 1.82) is 0 Å². The van der Waals surface area contributed by atoms with Crippen LogP contribution in [-0.4, -0.2) is 78.4 Å². The SMILES string of the molecule is COC1C(Sc2cc(Cl)cnc2C(F)(F)F)OC2C(O)CO[C@@H]2C1n1cc(-n2ccc(C)n2)nn1. The minimum absolute atomic E-state index is 0.00786. The van der Waals surface area contributed by atoms with Gasteiger partial charge in [-0.05, 0) is 19.1 Å². The first kappa shape index (κ1) is 24.5. The van der Waals surface area contributed by atoms with Gasteiger partial charge in [-0.15, -0.1) is 5.10 Å². The summed E-state index contributed by atoms with van der Waals surface area (Å²) in [5.41, 5.74) is -1.29. The van der Waals surface area contributed by atoms with Crippen LogP contribution in [0.2, 0.25) is 5.02 Å². The van der Waals surface area contributed by atoms with Crippen molar-refractivity contribution in [1.82, 2.24) is 29.8 Å². The van der Waals surface area contributed by atoms with E-state index in [4.69, 9.17) is 25.8 Å². The third-order valence-electron chi connectivity index (χ3n) is 5.76. The number of nitrogens with zero attached hydrogens (tertiary/aromatic N) is 6. The average molecular weight is 533 g/mol. The molecule has 3 aromatic heterocycles. The molecule has 2 saturated heterocycles. The number of methoxy groups -OCH3 is 1. The third kappa shape index (κ3) is 4.66. The lowest BCUT2D eigenvalue weighted by molar-refractivity contribution is -0.170. The van der Waals surface area contributed by atoms with E-state index < -0.39 is 47.8 Å². The van der Waals surface area contributed by atoms with Crippen molar-refractivity contribution in [2.24, 2.45) is 0 Å². The maximum Gasteiger partial charge on any atom is 0.434 e. The molecule has 5 heterocycles. The van der Waals surface area contributed by atoms with Crippen LogP contribution in [0.4, 0.5) is 13.2 Å². The van der Waals surface area contributed by atoms with Crippen LogP contribution in [-0.2, 0) is 20.4 Å². The zero-order valence-electron chi connectivity index (χ0n) is 18.3. The molecular weight excluding hydrogens is 513 g/mol. The van der Waals surface area contributed by atoms with Crippen LogP contribution in [0.25, 0.3) is 5.82 Å². The van der Waals surface area contributed by atoms with Crippen molar-refractivity contribution in [2.45, 2.75) is 53.9 Å². The van der Waals surface area contributed by atoms with Crippen molar-refractivity contribution in [3.05, 3.63) is 47.1 Å². The molecule has 2 fully saturated rings. The molecule has 35 heavy (non-hydrogen) atoms. The highest BCUT2D eigenvalue weighted by molar-refractivity contribution is 7.99. The number of aryl methyl sites for hydroxylation is 1. The number of hydrogen-bond donors (Lipinski definition) is 1. The summed E-state index contributed by atoms with van der Waals surface area (Å²) in [6.07, 6.45) is -3.74. The van der Waals surface area contributed by atoms with Crippen molar-refractivity contribution in [2.75, 3.05) is 13.7 Å². The van der Waals surface area contributed by atoms with Crippen LogP contribution in [0.1, 0.15) is 17.4 Å². The summed E-state index contributed by atoms with van der Waals surface area (Å²) in [6.45, 7) is 1.83. The van der Waals surface area contributed by atoms with Crippen molar-refractivity contribution < 1.29 is 32.5 Å². The van der Waals surface area contributed by atoms with E-state index in [1.165, 1.54) is 17.9 Å². The van der Waals surface area contributed by atoms with Gasteiger partial charge in [0.25, 0.3) is 0 Å². The summed E-state index contributed by atoms with van der Waals surface area (Å²) < 4.78 is 61.4. The van der Waals surface area contributed by atoms with Crippen LogP contribution in [0.15, 0.2) is 35.6 Å². The molecule has 3 aromatic rings. The van der Waals surface area contributed by atoms with Crippen LogP contribution < -0.4 is 0 Å². The molecule has 0 amide bonds. The highest BCUT2D eigenvalue weighted by Crippen LogP contribution is 2.46. The topological polar surface area (TPSA) is 109 Å². The molecule has 0 aromatic carbocycles. The third-order valence-corrected chi connectivity index (χ3v) is 7.14. The van der Waals surface area contributed by atoms with Crippen molar-refractivity contribution >= 4 is 23.4 Å². The van der Waals surface area contributed by atoms with E-state index in [1.807, 2.05) is 13.0 Å². The predicted octanol–water partition coefficient (Wildman–Crippen LogP) is 2.67. The largest absolute Gasteiger partial charge is 0.434 e. The monoisotopic (exact) mass is 532 g/mol. The fourth-order valence-corrected chi connectivity index (χ4v) is 5.75. The van der Waals surface area contributed by atoms with Gasteiger partial charge in [-0.1, -0.05) is 28.6 Å². The van der Waals surface area contributed by atoms with Crippen LogP contribution in [0, 0.1) is 6.92 Å². The summed E-state index contributed by atoms with van der Waals surface area (Å²) >= 11 is 6.71. The van der Waals surface area contributed by atoms with Gasteiger partial charge in [0.2, 0.25) is 0 Å². The van der Waals surface area contributed by atoms with Crippen molar-refractivity contribution in [3.63, 3.8) is 0 Å². The molecule has 1 N–H and O–H groups in total. The molecular formula is C20H20ClF3N6O4S. The number of aliphatic hydroxyl groups is 1. The minimum atomic E-state index is -4.70. The number of rotatable bonds is 5. The molecule has 0 spiro atoms. The zero-order chi connectivity index (χ0) is 24.9. The van der Waals surface area contributed by atoms with Gasteiger partial charge in [0.15, 0.2) is 11.5 Å². The van der Waals surface area contributed by atoms with Gasteiger partial charge in [-0.25, -0.2) is 14.3 Å². The summed E-state index contributed by atoms with van der Waals surface area (Å²) in [7, 11) is 1.41. The Morgan fingerprint density at radius 3 is 2.80 bits per heavy atom. The molecule has 10 nitrogen and oxygen atoms in total. The number of fused-ring (bicyclic) bond motifs is 1. The summed E-state index contributed by atoms with van der Waals surface area (Å²) in [4.78, 5) is 3.25. The second-order valence-electron chi connectivity index (χ2n) is 8.10. The number of aliphatic hydroxyl groups excluding tert-OH is 1. The zero-order valence-corrected chi connectivity index (χ0v) is 19.9. The molecule has 188 valence electrons. The standard InChI is InChI=1S/C20H20ClF3N6O4S/c1-9-3-4-29(27-9)13-7-30(28-26-13)14-16-15(11(31)8-33-16)34-19(17(14)32-2)35-12-5-10(21)6-25-18(12)20(22,23)24/h3-7,11,14-17,19,31H,8H2,1-2H3/t11?,14?,15?,16-,17?,19?/m1/s1. The Balaban J connectivity index is 1.51. The van der Waals surface area contributed by atoms with Crippen LogP contribution in [0.3, 0.4) is 0 Å². The minimum Gasteiger partial charge on any atom is -0.388 e. The maximum absolute atomic E-state index is 13.6. The van der Waals surface area contributed by atoms with Gasteiger partial charge in [0, 0.05) is 24.4 Å². The fraction of sp³-hybridized carbons (Fsp3) is 0.500. The number of halogens is 4. The van der Waals surface area contributed by atoms with Gasteiger partial charge >= 0.3 is 6.18 Å². The molecule has 0 aliphatic carbocycles. The van der Waals surface area contributed by atoms with E-state index in [9.17, 15) is 18.3 Å². The van der Waals surface area contributed by atoms with Gasteiger partial charge in [0.05, 0.1) is 23.5 Å². The molecule has 15 heteroatoms. The van der Waals surface area contributed by atoms with Gasteiger partial charge in [0.1, 0.15) is 35.9 Å². The van der Waals surface area contributed by atoms with Gasteiger partial charge < -0.3 is 19.3 Å². The first-order valence-corrected chi connectivity index (χ1v) is 11.7. The smallest absolute Gasteiger partial charge is 0.388 e. The number of pyridine rings is 1. The Labute approximate surface area is 206 Å². The molecule has 2 aliphatic rings. The maximum atomic E-state index is 13.6. The number of hydrogen-bond acceptors (Lipinski definition) is 9. The molecule has 5 rings (SSSR count). The Hall–Kier alpha value is -2.23. The first-order valence-electron chi connectivity index (χ1n) is 10.5. The van der Waals surface area contributed by atoms with E-state index in [0.717, 1.165) is 23.7 Å². The Bertz CT molecular complexity index is 1210. The molecule has 2 aliphatic heterocycles. The lowest BCUT2D eigenvalue weighted by atomic mass is 9.96. The molecule has 0 bridgehead atoms. The van der Waals surface area contributed by atoms with Crippen molar-refractivity contribution in [3.8, 4) is 5.82 Å². The van der Waals surface area contributed by atoms with E-state index >= 15 is 0 Å². The number of aromatic nitrogens is 6. The Kier molecular flexibility index (Phi) is 6.52. The Morgan fingerprint density at radius 2 is 2.11 bits per heavy atom. The summed E-state index contributed by atoms with van der Waals surface area (Å²) in [6, 6.07) is 2.31. The second kappa shape index (κ2) is 9.33. The quantitative estimate of drug-likeness (QED) is 0.530. The van der Waals surface area contributed by atoms with E-state index in [1.54, 1.807) is 17.1 Å². The highest BCUT2D eigenvalue weighted by Gasteiger charge is 2.54. The number of ether oxygens (including phenoxy) is 3. The summed E-state index contributed by atoms with van der Waals surface area (Å²) in [5, 5.41) is 23.2.